The van der Waals surface area contributed by atoms with Crippen LogP contribution >= 0.6 is 0 Å². The van der Waals surface area contributed by atoms with Crippen molar-refractivity contribution < 1.29 is 9.59 Å². The van der Waals surface area contributed by atoms with E-state index in [1.54, 1.807) is 6.20 Å². The fraction of sp³-hybridized carbons (Fsp3) is 0.320. The van der Waals surface area contributed by atoms with E-state index in [1.165, 1.54) is 0 Å². The van der Waals surface area contributed by atoms with E-state index in [9.17, 15) is 9.59 Å². The summed E-state index contributed by atoms with van der Waals surface area (Å²) < 4.78 is 0. The standard InChI is InChI=1S/C25H28N4O2/c1-2-3-13-26-24(30)20-11-12-23(27-18-20)28-14-16-29(17-15-28)25(31)22-10-6-8-19-7-4-5-9-21(19)22/h4-12,18H,2-3,13-17H2,1H3,(H,26,30). The molecule has 0 spiro atoms. The molecule has 6 nitrogen and oxygen atoms in total. The molecular formula is C25H28N4O2. The summed E-state index contributed by atoms with van der Waals surface area (Å²) in [5, 5.41) is 4.98. The molecule has 2 amide bonds. The Hall–Kier alpha value is -3.41. The Morgan fingerprint density at radius 1 is 0.968 bits per heavy atom. The number of hydrogen-bond acceptors (Lipinski definition) is 4. The third-order valence-corrected chi connectivity index (χ3v) is 5.74. The molecule has 1 fully saturated rings. The molecule has 1 aliphatic heterocycles. The minimum Gasteiger partial charge on any atom is -0.353 e. The first-order valence-corrected chi connectivity index (χ1v) is 10.9. The van der Waals surface area contributed by atoms with Crippen molar-refractivity contribution in [1.82, 2.24) is 15.2 Å². The fourth-order valence-electron chi connectivity index (χ4n) is 3.91. The van der Waals surface area contributed by atoms with Crippen LogP contribution in [0.5, 0.6) is 0 Å². The Kier molecular flexibility index (Phi) is 6.46. The van der Waals surface area contributed by atoms with Gasteiger partial charge in [0.1, 0.15) is 5.82 Å². The third kappa shape index (κ3) is 4.68. The van der Waals surface area contributed by atoms with E-state index in [2.05, 4.69) is 22.1 Å². The molecule has 160 valence electrons. The van der Waals surface area contributed by atoms with Crippen molar-refractivity contribution in [3.63, 3.8) is 0 Å². The molecule has 0 radical (unpaired) electrons. The minimum absolute atomic E-state index is 0.0727. The van der Waals surface area contributed by atoms with Crippen LogP contribution in [0.3, 0.4) is 0 Å². The maximum Gasteiger partial charge on any atom is 0.254 e. The number of nitrogens with one attached hydrogen (secondary N) is 1. The van der Waals surface area contributed by atoms with Gasteiger partial charge < -0.3 is 15.1 Å². The smallest absolute Gasteiger partial charge is 0.254 e. The van der Waals surface area contributed by atoms with E-state index >= 15 is 0 Å². The Bertz CT molecular complexity index is 1050. The van der Waals surface area contributed by atoms with Crippen molar-refractivity contribution in [3.8, 4) is 0 Å². The van der Waals surface area contributed by atoms with E-state index in [0.29, 0.717) is 38.3 Å². The molecule has 6 heteroatoms. The number of amides is 2. The number of anilines is 1. The molecule has 0 aliphatic carbocycles. The predicted molar refractivity (Wildman–Crippen MR) is 124 cm³/mol. The summed E-state index contributed by atoms with van der Waals surface area (Å²) in [6, 6.07) is 17.6. The molecule has 2 heterocycles. The van der Waals surface area contributed by atoms with Crippen molar-refractivity contribution in [2.75, 3.05) is 37.6 Å². The first-order valence-electron chi connectivity index (χ1n) is 10.9. The van der Waals surface area contributed by atoms with Gasteiger partial charge in [0.25, 0.3) is 11.8 Å². The second-order valence-electron chi connectivity index (χ2n) is 7.82. The molecule has 2 aromatic carbocycles. The lowest BCUT2D eigenvalue weighted by atomic mass is 10.0. The molecule has 0 atom stereocenters. The number of carbonyl (C=O) groups is 2. The number of fused-ring (bicyclic) bond motifs is 1. The van der Waals surface area contributed by atoms with Crippen LogP contribution in [0.2, 0.25) is 0 Å². The maximum atomic E-state index is 13.1. The van der Waals surface area contributed by atoms with Crippen LogP contribution in [0.25, 0.3) is 10.8 Å². The molecule has 0 unspecified atom stereocenters. The van der Waals surface area contributed by atoms with Crippen LogP contribution in [0.4, 0.5) is 5.82 Å². The van der Waals surface area contributed by atoms with E-state index in [4.69, 9.17) is 0 Å². The lowest BCUT2D eigenvalue weighted by Crippen LogP contribution is -2.49. The van der Waals surface area contributed by atoms with Gasteiger partial charge >= 0.3 is 0 Å². The van der Waals surface area contributed by atoms with Crippen molar-refractivity contribution in [3.05, 3.63) is 71.9 Å². The SMILES string of the molecule is CCCCNC(=O)c1ccc(N2CCN(C(=O)c3cccc4ccccc34)CC2)nc1. The van der Waals surface area contributed by atoms with Gasteiger partial charge in [-0.2, -0.15) is 0 Å². The first-order chi connectivity index (χ1) is 15.2. The second kappa shape index (κ2) is 9.60. The van der Waals surface area contributed by atoms with Gasteiger partial charge in [0.15, 0.2) is 0 Å². The number of benzene rings is 2. The molecule has 31 heavy (non-hydrogen) atoms. The molecule has 1 N–H and O–H groups in total. The van der Waals surface area contributed by atoms with Crippen molar-refractivity contribution in [2.24, 2.45) is 0 Å². The molecule has 1 aliphatic rings. The van der Waals surface area contributed by atoms with Gasteiger partial charge in [-0.1, -0.05) is 49.7 Å². The van der Waals surface area contributed by atoms with Gasteiger partial charge in [-0.15, -0.1) is 0 Å². The highest BCUT2D eigenvalue weighted by atomic mass is 16.2. The number of rotatable bonds is 6. The van der Waals surface area contributed by atoms with Gasteiger partial charge in [0, 0.05) is 44.5 Å². The Labute approximate surface area is 182 Å². The van der Waals surface area contributed by atoms with Gasteiger partial charge in [-0.25, -0.2) is 4.98 Å². The highest BCUT2D eigenvalue weighted by Gasteiger charge is 2.24. The molecule has 1 saturated heterocycles. The van der Waals surface area contributed by atoms with Crippen LogP contribution in [-0.2, 0) is 0 Å². The number of hydrogen-bond donors (Lipinski definition) is 1. The summed E-state index contributed by atoms with van der Waals surface area (Å²) >= 11 is 0. The summed E-state index contributed by atoms with van der Waals surface area (Å²) in [4.78, 5) is 33.8. The average Bonchev–Trinajstić information content (AvgIpc) is 2.83. The second-order valence-corrected chi connectivity index (χ2v) is 7.82. The van der Waals surface area contributed by atoms with Gasteiger partial charge in [-0.3, -0.25) is 9.59 Å². The molecule has 4 rings (SSSR count). The quantitative estimate of drug-likeness (QED) is 0.622. The van der Waals surface area contributed by atoms with Gasteiger partial charge in [0.2, 0.25) is 0 Å². The van der Waals surface area contributed by atoms with E-state index in [0.717, 1.165) is 35.0 Å². The summed E-state index contributed by atoms with van der Waals surface area (Å²) in [5.74, 6) is 0.823. The topological polar surface area (TPSA) is 65.5 Å². The summed E-state index contributed by atoms with van der Waals surface area (Å²) in [7, 11) is 0. The van der Waals surface area contributed by atoms with Crippen LogP contribution < -0.4 is 10.2 Å². The molecule has 3 aromatic rings. The van der Waals surface area contributed by atoms with Gasteiger partial charge in [0.05, 0.1) is 5.56 Å². The average molecular weight is 417 g/mol. The zero-order chi connectivity index (χ0) is 21.6. The van der Waals surface area contributed by atoms with E-state index in [1.807, 2.05) is 59.5 Å². The molecule has 0 bridgehead atoms. The molecular weight excluding hydrogens is 388 g/mol. The third-order valence-electron chi connectivity index (χ3n) is 5.74. The predicted octanol–water partition coefficient (Wildman–Crippen LogP) is 3.73. The molecule has 1 aromatic heterocycles. The molecule has 0 saturated carbocycles. The zero-order valence-corrected chi connectivity index (χ0v) is 17.9. The monoisotopic (exact) mass is 416 g/mol. The van der Waals surface area contributed by atoms with Gasteiger partial charge in [-0.05, 0) is 35.4 Å². The van der Waals surface area contributed by atoms with E-state index in [-0.39, 0.29) is 11.8 Å². The van der Waals surface area contributed by atoms with E-state index < -0.39 is 0 Å². The van der Waals surface area contributed by atoms with Crippen LogP contribution in [0.15, 0.2) is 60.8 Å². The van der Waals surface area contributed by atoms with Crippen LogP contribution in [0.1, 0.15) is 40.5 Å². The summed E-state index contributed by atoms with van der Waals surface area (Å²) in [6.45, 7) is 5.49. The van der Waals surface area contributed by atoms with Crippen LogP contribution in [-0.4, -0.2) is 54.4 Å². The summed E-state index contributed by atoms with van der Waals surface area (Å²) in [6.07, 6.45) is 3.65. The number of carbonyl (C=O) groups excluding carboxylic acids is 2. The van der Waals surface area contributed by atoms with Crippen LogP contribution in [0, 0.1) is 0 Å². The number of pyridine rings is 1. The highest BCUT2D eigenvalue weighted by Crippen LogP contribution is 2.21. The Morgan fingerprint density at radius 2 is 1.74 bits per heavy atom. The van der Waals surface area contributed by atoms with Crippen molar-refractivity contribution in [1.29, 1.82) is 0 Å². The Morgan fingerprint density at radius 3 is 2.48 bits per heavy atom. The highest BCUT2D eigenvalue weighted by molar-refractivity contribution is 6.07. The lowest BCUT2D eigenvalue weighted by Gasteiger charge is -2.35. The van der Waals surface area contributed by atoms with Crippen molar-refractivity contribution in [2.45, 2.75) is 19.8 Å². The number of unbranched alkanes of at least 4 members (excludes halogenated alkanes) is 1. The summed E-state index contributed by atoms with van der Waals surface area (Å²) in [5.41, 5.74) is 1.33. The minimum atomic E-state index is -0.0852. The normalized spacial score (nSPS) is 14.0. The number of piperazine rings is 1. The van der Waals surface area contributed by atoms with Crippen molar-refractivity contribution >= 4 is 28.4 Å². The largest absolute Gasteiger partial charge is 0.353 e. The number of aromatic nitrogens is 1. The lowest BCUT2D eigenvalue weighted by molar-refractivity contribution is 0.0748. The fourth-order valence-corrected chi connectivity index (χ4v) is 3.91. The Balaban J connectivity index is 1.37. The maximum absolute atomic E-state index is 13.1. The zero-order valence-electron chi connectivity index (χ0n) is 17.9. The number of nitrogens with zero attached hydrogens (tertiary/aromatic N) is 3. The first kappa shape index (κ1) is 20.8.